The molecule has 2 aliphatic rings. The van der Waals surface area contributed by atoms with Crippen LogP contribution in [-0.4, -0.2) is 163 Å². The number of ketones is 1. The molecule has 0 radical (unpaired) electrons. The minimum atomic E-state index is -1.37. The van der Waals surface area contributed by atoms with Crippen molar-refractivity contribution in [2.24, 2.45) is 5.73 Å². The van der Waals surface area contributed by atoms with E-state index in [4.69, 9.17) is 11.1 Å². The summed E-state index contributed by atoms with van der Waals surface area (Å²) in [6, 6.07) is 7.08. The molecule has 23 nitrogen and oxygen atoms in total. The van der Waals surface area contributed by atoms with E-state index in [0.717, 1.165) is 10.9 Å². The molecule has 4 heterocycles. The van der Waals surface area contributed by atoms with Crippen molar-refractivity contribution >= 4 is 95.2 Å². The van der Waals surface area contributed by atoms with Gasteiger partial charge in [-0.25, -0.2) is 4.98 Å². The summed E-state index contributed by atoms with van der Waals surface area (Å²) in [6.45, 7) is 3.46. The number of benzene rings is 2. The molecule has 6 rings (SSSR count). The SMILES string of the molecule is CC(=O)N[C@@H](CCS)C(=O)N[C@@H](Cc1c[nH]cn1)C(=O)N[C@H](Cc1ccccc1)C(=O)N[C@@H](CCCNC(=N)N)C(=O)N[C@@H](Cc1c[nH]c2ccccc12)C(=O)N[C@@H](CS)C(=O)N1CCC[C@H]1C(=O)N1CCC[C@H]1C(C)=O. The molecule has 2 fully saturated rings. The number of nitrogens with zero attached hydrogens (tertiary/aromatic N) is 3. The summed E-state index contributed by atoms with van der Waals surface area (Å²) in [7, 11) is 0. The van der Waals surface area contributed by atoms with Gasteiger partial charge in [-0.2, -0.15) is 25.3 Å². The van der Waals surface area contributed by atoms with Crippen LogP contribution < -0.4 is 43.0 Å². The Morgan fingerprint density at radius 2 is 1.26 bits per heavy atom. The van der Waals surface area contributed by atoms with Crippen LogP contribution in [0.25, 0.3) is 10.9 Å². The number of nitrogens with one attached hydrogen (secondary N) is 10. The lowest BCUT2D eigenvalue weighted by Crippen LogP contribution is -2.61. The van der Waals surface area contributed by atoms with Gasteiger partial charge in [-0.1, -0.05) is 48.5 Å². The number of hydrogen-bond acceptors (Lipinski definition) is 13. The van der Waals surface area contributed by atoms with Crippen molar-refractivity contribution in [3.8, 4) is 0 Å². The van der Waals surface area contributed by atoms with Gasteiger partial charge in [0.2, 0.25) is 47.3 Å². The van der Waals surface area contributed by atoms with E-state index in [0.29, 0.717) is 49.0 Å². The third kappa shape index (κ3) is 16.5. The number of rotatable bonds is 27. The largest absolute Gasteiger partial charge is 0.370 e. The van der Waals surface area contributed by atoms with Crippen molar-refractivity contribution in [1.82, 2.24) is 62.0 Å². The number of carbonyl (C=O) groups is 9. The van der Waals surface area contributed by atoms with Gasteiger partial charge in [0.15, 0.2) is 11.7 Å². The van der Waals surface area contributed by atoms with E-state index in [9.17, 15) is 43.2 Å². The first-order chi connectivity index (χ1) is 37.0. The molecule has 4 aromatic rings. The number of aromatic nitrogens is 3. The maximum atomic E-state index is 14.8. The highest BCUT2D eigenvalue weighted by Gasteiger charge is 2.43. The molecule has 25 heteroatoms. The third-order valence-electron chi connectivity index (χ3n) is 13.6. The Hall–Kier alpha value is -7.41. The van der Waals surface area contributed by atoms with Gasteiger partial charge in [0.25, 0.3) is 0 Å². The molecular weight excluding hydrogens is 1030 g/mol. The number of hydrogen-bond donors (Lipinski definition) is 13. The minimum Gasteiger partial charge on any atom is -0.370 e. The zero-order valence-electron chi connectivity index (χ0n) is 43.1. The number of guanidine groups is 1. The van der Waals surface area contributed by atoms with E-state index >= 15 is 0 Å². The molecule has 0 unspecified atom stereocenters. The van der Waals surface area contributed by atoms with E-state index in [-0.39, 0.29) is 80.8 Å². The van der Waals surface area contributed by atoms with Gasteiger partial charge in [-0.15, -0.1) is 0 Å². The van der Waals surface area contributed by atoms with Crippen LogP contribution >= 0.6 is 25.3 Å². The lowest BCUT2D eigenvalue weighted by molar-refractivity contribution is -0.147. The van der Waals surface area contributed by atoms with E-state index in [2.05, 4.69) is 77.4 Å². The van der Waals surface area contributed by atoms with E-state index < -0.39 is 89.7 Å². The standard InChI is InChI=1S/C52H70N14O9S2/c1-30(67)43-16-9-20-65(43)51(75)44-17-10-21-66(44)50(74)42(28-77)64-48(72)40(24-33-26-57-36-14-7-6-13-35(33)36)62-45(69)37(15-8-19-56-52(53)54)60-47(71)39(23-32-11-4-3-5-12-32)61-49(73)41(25-34-27-55-29-58-34)63-46(70)38(18-22-76)59-31(2)68/h3-7,11-14,26-27,29,37-44,57,76-77H,8-10,15-25,28H2,1-2H3,(H,55,58)(H,59,68)(H,60,71)(H,61,73)(H,62,69)(H,63,70)(H,64,72)(H4,53,54,56)/t37-,38-,39+,40-,41-,42-,43-,44-/m0/s1. The lowest BCUT2D eigenvalue weighted by Gasteiger charge is -2.33. The second kappa shape index (κ2) is 28.6. The fourth-order valence-corrected chi connectivity index (χ4v) is 10.2. The van der Waals surface area contributed by atoms with Gasteiger partial charge in [0.1, 0.15) is 42.3 Å². The quantitative estimate of drug-likeness (QED) is 0.0162. The highest BCUT2D eigenvalue weighted by Crippen LogP contribution is 2.26. The molecular formula is C52H70N14O9S2. The number of amides is 8. The van der Waals surface area contributed by atoms with Crippen LogP contribution in [0.3, 0.4) is 0 Å². The monoisotopic (exact) mass is 1100 g/mol. The molecule has 77 heavy (non-hydrogen) atoms. The average molecular weight is 1100 g/mol. The molecule has 2 aromatic heterocycles. The van der Waals surface area contributed by atoms with Crippen LogP contribution in [-0.2, 0) is 62.4 Å². The second-order valence-electron chi connectivity index (χ2n) is 19.2. The predicted octanol–water partition coefficient (Wildman–Crippen LogP) is -0.0684. The summed E-state index contributed by atoms with van der Waals surface area (Å²) in [6.07, 6.45) is 6.77. The van der Waals surface area contributed by atoms with Crippen LogP contribution in [0.15, 0.2) is 73.3 Å². The Balaban J connectivity index is 1.27. The molecule has 0 bridgehead atoms. The summed E-state index contributed by atoms with van der Waals surface area (Å²) < 4.78 is 0. The fourth-order valence-electron chi connectivity index (χ4n) is 9.73. The number of thiol groups is 2. The normalized spacial score (nSPS) is 17.5. The Labute approximate surface area is 457 Å². The van der Waals surface area contributed by atoms with Crippen molar-refractivity contribution in [2.75, 3.05) is 31.1 Å². The zero-order valence-corrected chi connectivity index (χ0v) is 44.9. The summed E-state index contributed by atoms with van der Waals surface area (Å²) in [5, 5.41) is 27.6. The van der Waals surface area contributed by atoms with Gasteiger partial charge in [-0.3, -0.25) is 48.6 Å². The number of fused-ring (bicyclic) bond motifs is 1. The number of nitrogens with two attached hydrogens (primary N) is 1. The molecule has 8 atom stereocenters. The third-order valence-corrected chi connectivity index (χ3v) is 14.2. The molecule has 2 saturated heterocycles. The number of aromatic amines is 2. The number of likely N-dealkylation sites (tertiary alicyclic amines) is 2. The molecule has 414 valence electrons. The van der Waals surface area contributed by atoms with E-state index in [1.807, 2.05) is 24.3 Å². The molecule has 8 amide bonds. The summed E-state index contributed by atoms with van der Waals surface area (Å²) in [4.78, 5) is 138. The van der Waals surface area contributed by atoms with Crippen molar-refractivity contribution in [2.45, 2.75) is 126 Å². The number of Topliss-reactive ketones (excluding diaryl/α,β-unsaturated/α-hetero) is 1. The first-order valence-electron chi connectivity index (χ1n) is 25.7. The number of H-pyrrole nitrogens is 2. The molecule has 0 aliphatic carbocycles. The minimum absolute atomic E-state index is 0.0531. The summed E-state index contributed by atoms with van der Waals surface area (Å²) >= 11 is 8.68. The van der Waals surface area contributed by atoms with Crippen LogP contribution in [0.2, 0.25) is 0 Å². The molecule has 2 aliphatic heterocycles. The lowest BCUT2D eigenvalue weighted by atomic mass is 10.0. The first-order valence-corrected chi connectivity index (χ1v) is 27.0. The van der Waals surface area contributed by atoms with Gasteiger partial charge >= 0.3 is 0 Å². The predicted molar refractivity (Wildman–Crippen MR) is 293 cm³/mol. The van der Waals surface area contributed by atoms with Crippen LogP contribution in [0.4, 0.5) is 0 Å². The van der Waals surface area contributed by atoms with Gasteiger partial charge in [-0.05, 0) is 74.8 Å². The van der Waals surface area contributed by atoms with Gasteiger partial charge < -0.3 is 62.7 Å². The molecule has 12 N–H and O–H groups in total. The molecule has 0 spiro atoms. The van der Waals surface area contributed by atoms with Gasteiger partial charge in [0, 0.05) is 74.9 Å². The Morgan fingerprint density at radius 3 is 1.87 bits per heavy atom. The van der Waals surface area contributed by atoms with Crippen LogP contribution in [0.5, 0.6) is 0 Å². The number of imidazole rings is 1. The van der Waals surface area contributed by atoms with Crippen molar-refractivity contribution in [3.63, 3.8) is 0 Å². The smallest absolute Gasteiger partial charge is 0.246 e. The van der Waals surface area contributed by atoms with Crippen molar-refractivity contribution in [1.29, 1.82) is 5.41 Å². The van der Waals surface area contributed by atoms with E-state index in [1.165, 1.54) is 25.1 Å². The van der Waals surface area contributed by atoms with Crippen LogP contribution in [0.1, 0.15) is 75.6 Å². The number of para-hydroxylation sites is 1. The first kappa shape index (κ1) is 58.8. The fraction of sp³-hybridized carbons (Fsp3) is 0.481. The Kier molecular flexibility index (Phi) is 21.9. The highest BCUT2D eigenvalue weighted by atomic mass is 32.1. The average Bonchev–Trinajstić information content (AvgIpc) is 4.27. The van der Waals surface area contributed by atoms with Crippen molar-refractivity contribution in [3.05, 3.63) is 90.1 Å². The van der Waals surface area contributed by atoms with E-state index in [1.54, 1.807) is 47.6 Å². The highest BCUT2D eigenvalue weighted by molar-refractivity contribution is 7.80. The number of carbonyl (C=O) groups excluding carboxylic acids is 9. The molecule has 2 aromatic carbocycles. The topological polar surface area (TPSA) is 339 Å². The maximum Gasteiger partial charge on any atom is 0.246 e. The maximum absolute atomic E-state index is 14.8. The molecule has 0 saturated carbocycles. The second-order valence-corrected chi connectivity index (χ2v) is 20.1. The summed E-state index contributed by atoms with van der Waals surface area (Å²) in [5.74, 6) is -5.52. The van der Waals surface area contributed by atoms with Crippen molar-refractivity contribution < 1.29 is 43.2 Å². The summed E-state index contributed by atoms with van der Waals surface area (Å²) in [5.41, 5.74) is 8.01. The Morgan fingerprint density at radius 1 is 0.688 bits per heavy atom. The zero-order chi connectivity index (χ0) is 55.6. The van der Waals surface area contributed by atoms with Crippen LogP contribution in [0, 0.1) is 5.41 Å². The van der Waals surface area contributed by atoms with Gasteiger partial charge in [0.05, 0.1) is 18.1 Å². The Bertz CT molecular complexity index is 2730.